The number of fused-ring (bicyclic) bond motifs is 1. The first-order chi connectivity index (χ1) is 14.9. The average Bonchev–Trinajstić information content (AvgIpc) is 3.21. The molecule has 1 aliphatic rings. The Bertz CT molecular complexity index is 1240. The first-order valence-electron chi connectivity index (χ1n) is 10.1. The number of nitrogens with zero attached hydrogens (tertiary/aromatic N) is 3. The number of hydrogen-bond acceptors (Lipinski definition) is 3. The summed E-state index contributed by atoms with van der Waals surface area (Å²) >= 11 is 0. The van der Waals surface area contributed by atoms with Crippen LogP contribution in [0.3, 0.4) is 0 Å². The molecule has 0 saturated heterocycles. The average molecular weight is 387 g/mol. The quantitative estimate of drug-likeness (QED) is 0.386. The monoisotopic (exact) mass is 387 g/mol. The van der Waals surface area contributed by atoms with Gasteiger partial charge >= 0.3 is 0 Å². The lowest BCUT2D eigenvalue weighted by atomic mass is 9.99. The van der Waals surface area contributed by atoms with Crippen LogP contribution in [-0.2, 0) is 6.54 Å². The van der Waals surface area contributed by atoms with Crippen molar-refractivity contribution in [1.29, 1.82) is 0 Å². The van der Waals surface area contributed by atoms with Crippen LogP contribution in [0.25, 0.3) is 10.8 Å². The molecule has 5 rings (SSSR count). The smallest absolute Gasteiger partial charge is 0.138 e. The second-order valence-corrected chi connectivity index (χ2v) is 7.42. The van der Waals surface area contributed by atoms with Crippen LogP contribution in [0.1, 0.15) is 22.7 Å². The summed E-state index contributed by atoms with van der Waals surface area (Å²) in [6.45, 7) is 0.672. The fourth-order valence-corrected chi connectivity index (χ4v) is 3.79. The molecule has 0 N–H and O–H groups in total. The van der Waals surface area contributed by atoms with Gasteiger partial charge in [0.1, 0.15) is 12.1 Å². The Morgan fingerprint density at radius 3 is 2.23 bits per heavy atom. The Morgan fingerprint density at radius 2 is 1.43 bits per heavy atom. The van der Waals surface area contributed by atoms with Crippen molar-refractivity contribution >= 4 is 10.8 Å². The number of benzene rings is 4. The van der Waals surface area contributed by atoms with Gasteiger partial charge in [0.25, 0.3) is 0 Å². The molecule has 3 heteroatoms. The Balaban J connectivity index is 1.46. The summed E-state index contributed by atoms with van der Waals surface area (Å²) in [5.41, 5.74) is 3.34. The van der Waals surface area contributed by atoms with Crippen LogP contribution >= 0.6 is 0 Å². The van der Waals surface area contributed by atoms with Crippen molar-refractivity contribution < 1.29 is 0 Å². The van der Waals surface area contributed by atoms with Gasteiger partial charge in [0.15, 0.2) is 0 Å². The molecule has 2 unspecified atom stereocenters. The number of hydrogen-bond donors (Lipinski definition) is 0. The van der Waals surface area contributed by atoms with E-state index >= 15 is 0 Å². The van der Waals surface area contributed by atoms with Crippen molar-refractivity contribution in [3.63, 3.8) is 0 Å². The highest BCUT2D eigenvalue weighted by Gasteiger charge is 2.32. The Kier molecular flexibility index (Phi) is 4.98. The summed E-state index contributed by atoms with van der Waals surface area (Å²) < 4.78 is 0. The van der Waals surface area contributed by atoms with E-state index in [1.54, 1.807) is 0 Å². The maximum atomic E-state index is 4.59. The third-order valence-corrected chi connectivity index (χ3v) is 5.35. The maximum Gasteiger partial charge on any atom is 0.138 e. The van der Waals surface area contributed by atoms with Gasteiger partial charge in [-0.2, -0.15) is 5.11 Å². The molecule has 30 heavy (non-hydrogen) atoms. The van der Waals surface area contributed by atoms with Crippen LogP contribution in [0, 0.1) is 11.8 Å². The van der Waals surface area contributed by atoms with E-state index in [-0.39, 0.29) is 12.1 Å². The fourth-order valence-electron chi connectivity index (χ4n) is 3.79. The van der Waals surface area contributed by atoms with E-state index in [1.807, 2.05) is 53.5 Å². The van der Waals surface area contributed by atoms with Crippen LogP contribution in [-0.4, -0.2) is 11.1 Å². The molecule has 0 fully saturated rings. The highest BCUT2D eigenvalue weighted by atomic mass is 15.6. The van der Waals surface area contributed by atoms with E-state index in [9.17, 15) is 0 Å². The van der Waals surface area contributed by atoms with Gasteiger partial charge in [-0.1, -0.05) is 102 Å². The third kappa shape index (κ3) is 3.81. The lowest BCUT2D eigenvalue weighted by Gasteiger charge is -2.21. The van der Waals surface area contributed by atoms with Crippen LogP contribution < -0.4 is 0 Å². The Labute approximate surface area is 176 Å². The molecule has 1 aliphatic heterocycles. The summed E-state index contributed by atoms with van der Waals surface area (Å²) in [6, 6.07) is 35.1. The Morgan fingerprint density at radius 1 is 0.733 bits per heavy atom. The largest absolute Gasteiger partial charge is 0.257 e. The molecule has 0 amide bonds. The minimum atomic E-state index is -0.112. The predicted octanol–water partition coefficient (Wildman–Crippen LogP) is 6.18. The van der Waals surface area contributed by atoms with Gasteiger partial charge < -0.3 is 0 Å². The summed E-state index contributed by atoms with van der Waals surface area (Å²) in [4.78, 5) is 0. The molecule has 0 aromatic heterocycles. The van der Waals surface area contributed by atoms with Crippen LogP contribution in [0.4, 0.5) is 0 Å². The van der Waals surface area contributed by atoms with E-state index in [0.29, 0.717) is 6.54 Å². The van der Waals surface area contributed by atoms with E-state index < -0.39 is 0 Å². The Hall–Kier alpha value is -3.90. The molecule has 0 radical (unpaired) electrons. The molecule has 0 bridgehead atoms. The highest BCUT2D eigenvalue weighted by Crippen LogP contribution is 2.32. The van der Waals surface area contributed by atoms with E-state index in [1.165, 1.54) is 16.3 Å². The van der Waals surface area contributed by atoms with Crippen LogP contribution in [0.5, 0.6) is 0 Å². The van der Waals surface area contributed by atoms with Crippen molar-refractivity contribution in [2.45, 2.75) is 18.6 Å². The predicted molar refractivity (Wildman–Crippen MR) is 121 cm³/mol. The summed E-state index contributed by atoms with van der Waals surface area (Å²) in [6.07, 6.45) is 0. The van der Waals surface area contributed by atoms with Crippen molar-refractivity contribution in [3.8, 4) is 11.8 Å². The first-order valence-corrected chi connectivity index (χ1v) is 10.1. The zero-order valence-electron chi connectivity index (χ0n) is 16.5. The van der Waals surface area contributed by atoms with Crippen molar-refractivity contribution in [2.24, 2.45) is 10.3 Å². The molecule has 4 aromatic rings. The highest BCUT2D eigenvalue weighted by molar-refractivity contribution is 5.82. The van der Waals surface area contributed by atoms with Gasteiger partial charge in [0.05, 0.1) is 6.54 Å². The molecule has 2 atom stereocenters. The van der Waals surface area contributed by atoms with Gasteiger partial charge in [0.2, 0.25) is 0 Å². The molecule has 1 heterocycles. The van der Waals surface area contributed by atoms with Gasteiger partial charge in [-0.3, -0.25) is 5.01 Å². The second kappa shape index (κ2) is 8.23. The van der Waals surface area contributed by atoms with Crippen molar-refractivity contribution in [2.75, 3.05) is 0 Å². The summed E-state index contributed by atoms with van der Waals surface area (Å²) in [5, 5.41) is 13.6. The summed E-state index contributed by atoms with van der Waals surface area (Å²) in [5.74, 6) is 6.76. The van der Waals surface area contributed by atoms with Gasteiger partial charge in [-0.05, 0) is 40.1 Å². The normalized spacial score (nSPS) is 17.7. The SMILES string of the molecule is C(#CC1C(c2ccccc2)N=NN1Cc1ccc2ccccc2c1)c1ccccc1. The van der Waals surface area contributed by atoms with Crippen LogP contribution in [0.2, 0.25) is 0 Å². The number of rotatable bonds is 3. The fraction of sp³-hybridized carbons (Fsp3) is 0.111. The van der Waals surface area contributed by atoms with Gasteiger partial charge in [0, 0.05) is 5.56 Å². The maximum absolute atomic E-state index is 4.59. The third-order valence-electron chi connectivity index (χ3n) is 5.35. The van der Waals surface area contributed by atoms with E-state index in [4.69, 9.17) is 0 Å². The van der Waals surface area contributed by atoms with Crippen molar-refractivity contribution in [1.82, 2.24) is 5.01 Å². The lowest BCUT2D eigenvalue weighted by Crippen LogP contribution is -2.29. The zero-order chi connectivity index (χ0) is 20.2. The molecule has 3 nitrogen and oxygen atoms in total. The minimum absolute atomic E-state index is 0.0946. The van der Waals surface area contributed by atoms with Crippen LogP contribution in [0.15, 0.2) is 113 Å². The molecule has 0 aliphatic carbocycles. The van der Waals surface area contributed by atoms with Crippen molar-refractivity contribution in [3.05, 3.63) is 120 Å². The lowest BCUT2D eigenvalue weighted by molar-refractivity contribution is 0.254. The van der Waals surface area contributed by atoms with E-state index in [0.717, 1.165) is 11.1 Å². The summed E-state index contributed by atoms with van der Waals surface area (Å²) in [7, 11) is 0. The molecule has 144 valence electrons. The topological polar surface area (TPSA) is 28.0 Å². The van der Waals surface area contributed by atoms with E-state index in [2.05, 4.69) is 76.8 Å². The standard InChI is InChI=1S/C27H21N3/c1-3-9-21(10-4-1)16-18-26-27(24-12-5-2-6-13-24)28-29-30(26)20-22-15-17-23-11-7-8-14-25(23)19-22/h1-15,17,19,26-27H,20H2. The molecular weight excluding hydrogens is 366 g/mol. The second-order valence-electron chi connectivity index (χ2n) is 7.42. The van der Waals surface area contributed by atoms with Gasteiger partial charge in [-0.25, -0.2) is 0 Å². The molecular formula is C27H21N3. The van der Waals surface area contributed by atoms with Gasteiger partial charge in [-0.15, -0.1) is 0 Å². The minimum Gasteiger partial charge on any atom is -0.257 e. The zero-order valence-corrected chi connectivity index (χ0v) is 16.5. The molecule has 0 saturated carbocycles. The molecule has 0 spiro atoms. The molecule has 4 aromatic carbocycles. The first kappa shape index (κ1) is 18.1.